The van der Waals surface area contributed by atoms with Crippen molar-refractivity contribution in [3.8, 4) is 0 Å². The molecule has 1 aromatic carbocycles. The molecule has 0 aliphatic rings. The van der Waals surface area contributed by atoms with Gasteiger partial charge in [-0.2, -0.15) is 0 Å². The number of nitrogens with zero attached hydrogens (tertiary/aromatic N) is 1. The van der Waals surface area contributed by atoms with Crippen LogP contribution in [0, 0.1) is 0 Å². The minimum Gasteiger partial charge on any atom is -0.266 e. The Bertz CT molecular complexity index is 350. The smallest absolute Gasteiger partial charge is 0.0406 e. The molecule has 17 heavy (non-hydrogen) atoms. The summed E-state index contributed by atoms with van der Waals surface area (Å²) in [6.07, 6.45) is 5.94. The number of hydrogen-bond acceptors (Lipinski definition) is 1. The van der Waals surface area contributed by atoms with Crippen LogP contribution in [0.5, 0.6) is 0 Å². The van der Waals surface area contributed by atoms with Crippen LogP contribution in [0.3, 0.4) is 0 Å². The normalized spacial score (nSPS) is 11.2. The van der Waals surface area contributed by atoms with Crippen LogP contribution in [-0.2, 0) is 6.42 Å². The molecule has 0 fully saturated rings. The maximum absolute atomic E-state index is 5.80. The molecule has 94 valence electrons. The molecule has 0 heterocycles. The molecule has 0 saturated carbocycles. The van der Waals surface area contributed by atoms with Crippen molar-refractivity contribution in [2.45, 2.75) is 40.5 Å². The average Bonchev–Trinajstić information content (AvgIpc) is 2.39. The molecule has 0 unspecified atom stereocenters. The van der Waals surface area contributed by atoms with Crippen LogP contribution in [0.1, 0.15) is 39.7 Å². The van der Waals surface area contributed by atoms with Gasteiger partial charge in [0.1, 0.15) is 0 Å². The van der Waals surface area contributed by atoms with Crippen LogP contribution in [0.15, 0.2) is 41.0 Å². The van der Waals surface area contributed by atoms with Gasteiger partial charge in [-0.25, -0.2) is 0 Å². The molecule has 0 aromatic heterocycles. The van der Waals surface area contributed by atoms with Gasteiger partial charge in [-0.05, 0) is 44.4 Å². The number of benzene rings is 1. The lowest BCUT2D eigenvalue weighted by atomic mass is 10.1. The first-order valence-electron chi connectivity index (χ1n) is 6.12. The number of rotatable bonds is 4. The number of allylic oxidation sites excluding steroid dienone is 2. The second-order valence-electron chi connectivity index (χ2n) is 3.41. The largest absolute Gasteiger partial charge is 0.266 e. The molecule has 1 nitrogen and oxygen atoms in total. The van der Waals surface area contributed by atoms with Gasteiger partial charge in [0.25, 0.3) is 0 Å². The monoisotopic (exact) mass is 251 g/mol. The van der Waals surface area contributed by atoms with Gasteiger partial charge in [-0.1, -0.05) is 43.7 Å². The zero-order valence-electron chi connectivity index (χ0n) is 11.2. The fourth-order valence-corrected chi connectivity index (χ4v) is 1.29. The standard InChI is InChI=1S/C13H16ClN.C2H6/c1-3-11(2)15-10-4-5-12-6-8-13(14)9-7-12;1-2/h3,6-10H,4-5H2,1-2H3;1-2H3/b11-3-,15-10?;. The van der Waals surface area contributed by atoms with Crippen molar-refractivity contribution in [1.29, 1.82) is 0 Å². The summed E-state index contributed by atoms with van der Waals surface area (Å²) in [7, 11) is 0. The van der Waals surface area contributed by atoms with Gasteiger partial charge in [0.15, 0.2) is 0 Å². The molecular weight excluding hydrogens is 230 g/mol. The topological polar surface area (TPSA) is 12.4 Å². The molecule has 0 amide bonds. The minimum atomic E-state index is 0.789. The van der Waals surface area contributed by atoms with Gasteiger partial charge < -0.3 is 0 Å². The highest BCUT2D eigenvalue weighted by Gasteiger charge is 1.91. The molecule has 0 N–H and O–H groups in total. The highest BCUT2D eigenvalue weighted by Crippen LogP contribution is 2.10. The molecule has 0 radical (unpaired) electrons. The highest BCUT2D eigenvalue weighted by atomic mass is 35.5. The van der Waals surface area contributed by atoms with Gasteiger partial charge in [0.2, 0.25) is 0 Å². The van der Waals surface area contributed by atoms with E-state index in [2.05, 4.69) is 17.1 Å². The minimum absolute atomic E-state index is 0.789. The van der Waals surface area contributed by atoms with Crippen LogP contribution in [0.4, 0.5) is 0 Å². The van der Waals surface area contributed by atoms with E-state index in [1.165, 1.54) is 5.56 Å². The third kappa shape index (κ3) is 7.76. The molecular formula is C15H22ClN. The third-order valence-electron chi connectivity index (χ3n) is 2.19. The number of hydrogen-bond donors (Lipinski definition) is 0. The Labute approximate surface area is 110 Å². The zero-order chi connectivity index (χ0) is 13.1. The molecule has 2 heteroatoms. The maximum Gasteiger partial charge on any atom is 0.0406 e. The molecule has 0 atom stereocenters. The van der Waals surface area contributed by atoms with Crippen LogP contribution < -0.4 is 0 Å². The van der Waals surface area contributed by atoms with Gasteiger partial charge >= 0.3 is 0 Å². The number of aliphatic imine (C=N–C) groups is 1. The van der Waals surface area contributed by atoms with Crippen molar-refractivity contribution in [3.63, 3.8) is 0 Å². The van der Waals surface area contributed by atoms with E-state index >= 15 is 0 Å². The van der Waals surface area contributed by atoms with Crippen molar-refractivity contribution >= 4 is 17.8 Å². The van der Waals surface area contributed by atoms with Crippen molar-refractivity contribution in [1.82, 2.24) is 0 Å². The van der Waals surface area contributed by atoms with E-state index in [1.807, 2.05) is 52.1 Å². The fourth-order valence-electron chi connectivity index (χ4n) is 1.17. The Hall–Kier alpha value is -1.08. The van der Waals surface area contributed by atoms with E-state index in [0.717, 1.165) is 23.6 Å². The van der Waals surface area contributed by atoms with E-state index < -0.39 is 0 Å². The molecule has 0 saturated heterocycles. The zero-order valence-corrected chi connectivity index (χ0v) is 12.0. The Kier molecular flexibility index (Phi) is 9.46. The van der Waals surface area contributed by atoms with E-state index in [-0.39, 0.29) is 0 Å². The van der Waals surface area contributed by atoms with Gasteiger partial charge in [0.05, 0.1) is 0 Å². The Morgan fingerprint density at radius 1 is 1.24 bits per heavy atom. The van der Waals surface area contributed by atoms with E-state index in [9.17, 15) is 0 Å². The van der Waals surface area contributed by atoms with Crippen LogP contribution in [-0.4, -0.2) is 6.21 Å². The van der Waals surface area contributed by atoms with E-state index in [0.29, 0.717) is 0 Å². The molecule has 1 aromatic rings. The van der Waals surface area contributed by atoms with E-state index in [4.69, 9.17) is 11.6 Å². The lowest BCUT2D eigenvalue weighted by molar-refractivity contribution is 1.05. The molecule has 0 aliphatic heterocycles. The fraction of sp³-hybridized carbons (Fsp3) is 0.400. The Morgan fingerprint density at radius 3 is 2.35 bits per heavy atom. The van der Waals surface area contributed by atoms with Crippen molar-refractivity contribution < 1.29 is 0 Å². The summed E-state index contributed by atoms with van der Waals surface area (Å²) in [4.78, 5) is 4.29. The first-order valence-corrected chi connectivity index (χ1v) is 6.50. The molecule has 0 bridgehead atoms. The van der Waals surface area contributed by atoms with Crippen molar-refractivity contribution in [2.75, 3.05) is 0 Å². The van der Waals surface area contributed by atoms with Gasteiger partial charge in [-0.3, -0.25) is 4.99 Å². The quantitative estimate of drug-likeness (QED) is 0.645. The summed E-state index contributed by atoms with van der Waals surface area (Å²) in [6.45, 7) is 7.99. The van der Waals surface area contributed by atoms with E-state index in [1.54, 1.807) is 0 Å². The second-order valence-corrected chi connectivity index (χ2v) is 3.84. The summed E-state index contributed by atoms with van der Waals surface area (Å²) in [5.41, 5.74) is 2.36. The summed E-state index contributed by atoms with van der Waals surface area (Å²) in [5.74, 6) is 0. The Morgan fingerprint density at radius 2 is 1.82 bits per heavy atom. The second kappa shape index (κ2) is 10.1. The van der Waals surface area contributed by atoms with Gasteiger partial charge in [0, 0.05) is 16.9 Å². The summed E-state index contributed by atoms with van der Waals surface area (Å²) >= 11 is 5.80. The van der Waals surface area contributed by atoms with Crippen LogP contribution >= 0.6 is 11.6 Å². The van der Waals surface area contributed by atoms with Crippen LogP contribution in [0.25, 0.3) is 0 Å². The highest BCUT2D eigenvalue weighted by molar-refractivity contribution is 6.30. The predicted octanol–water partition coefficient (Wildman–Crippen LogP) is 5.29. The van der Waals surface area contributed by atoms with Crippen LogP contribution in [0.2, 0.25) is 5.02 Å². The van der Waals surface area contributed by atoms with Crippen molar-refractivity contribution in [3.05, 3.63) is 46.6 Å². The Balaban J connectivity index is 0.00000121. The first kappa shape index (κ1) is 15.9. The predicted molar refractivity (Wildman–Crippen MR) is 79.0 cm³/mol. The average molecular weight is 252 g/mol. The summed E-state index contributed by atoms with van der Waals surface area (Å²) in [5, 5.41) is 0.789. The first-order chi connectivity index (χ1) is 8.22. The lowest BCUT2D eigenvalue weighted by Crippen LogP contribution is -1.85. The van der Waals surface area contributed by atoms with Gasteiger partial charge in [-0.15, -0.1) is 0 Å². The molecule has 0 aliphatic carbocycles. The SMILES string of the molecule is C/C=C(/C)N=CCCc1ccc(Cl)cc1.CC. The maximum atomic E-state index is 5.80. The van der Waals surface area contributed by atoms with Crippen molar-refractivity contribution in [2.24, 2.45) is 4.99 Å². The molecule has 0 spiro atoms. The summed E-state index contributed by atoms with van der Waals surface area (Å²) in [6, 6.07) is 7.95. The number of halogens is 1. The molecule has 1 rings (SSSR count). The third-order valence-corrected chi connectivity index (χ3v) is 2.44. The summed E-state index contributed by atoms with van der Waals surface area (Å²) < 4.78 is 0. The number of aryl methyl sites for hydroxylation is 1. The lowest BCUT2D eigenvalue weighted by Gasteiger charge is -1.97.